The second-order valence-electron chi connectivity index (χ2n) is 5.92. The SMILES string of the molecule is CCOC(=O)C=C1C(C)Cc2nc(Br)sc2C1(O)c1ccc(Cl)cc1. The van der Waals surface area contributed by atoms with Crippen LogP contribution in [0.25, 0.3) is 0 Å². The first-order chi connectivity index (χ1) is 11.9. The van der Waals surface area contributed by atoms with Gasteiger partial charge in [-0.3, -0.25) is 0 Å². The quantitative estimate of drug-likeness (QED) is 0.562. The number of halogens is 2. The number of benzene rings is 1. The number of thiazole rings is 1. The number of esters is 1. The average molecular weight is 443 g/mol. The number of carbonyl (C=O) groups excluding carboxylic acids is 1. The molecule has 0 saturated carbocycles. The molecule has 25 heavy (non-hydrogen) atoms. The van der Waals surface area contributed by atoms with Crippen molar-refractivity contribution in [3.8, 4) is 0 Å². The first kappa shape index (κ1) is 18.6. The van der Waals surface area contributed by atoms with E-state index < -0.39 is 11.6 Å². The minimum Gasteiger partial charge on any atom is -0.463 e. The number of hydrogen-bond donors (Lipinski definition) is 1. The van der Waals surface area contributed by atoms with Crippen LogP contribution in [0.3, 0.4) is 0 Å². The van der Waals surface area contributed by atoms with Crippen molar-refractivity contribution in [2.24, 2.45) is 5.92 Å². The van der Waals surface area contributed by atoms with Crippen LogP contribution in [0.15, 0.2) is 39.8 Å². The van der Waals surface area contributed by atoms with Gasteiger partial charge in [-0.05, 0) is 58.5 Å². The van der Waals surface area contributed by atoms with Crippen LogP contribution in [-0.2, 0) is 21.6 Å². The molecule has 0 fully saturated rings. The first-order valence-electron chi connectivity index (χ1n) is 7.89. The summed E-state index contributed by atoms with van der Waals surface area (Å²) >= 11 is 10.8. The number of aromatic nitrogens is 1. The number of nitrogens with zero attached hydrogens (tertiary/aromatic N) is 1. The van der Waals surface area contributed by atoms with E-state index in [4.69, 9.17) is 16.3 Å². The molecule has 0 aliphatic heterocycles. The van der Waals surface area contributed by atoms with E-state index in [1.807, 2.05) is 6.92 Å². The molecule has 1 aromatic heterocycles. The van der Waals surface area contributed by atoms with Crippen LogP contribution in [0.1, 0.15) is 30.0 Å². The van der Waals surface area contributed by atoms with Crippen molar-refractivity contribution in [1.29, 1.82) is 0 Å². The third kappa shape index (κ3) is 3.40. The van der Waals surface area contributed by atoms with Crippen molar-refractivity contribution in [3.05, 3.63) is 61.0 Å². The molecule has 0 saturated heterocycles. The van der Waals surface area contributed by atoms with Gasteiger partial charge in [0.2, 0.25) is 0 Å². The summed E-state index contributed by atoms with van der Waals surface area (Å²) < 4.78 is 5.77. The monoisotopic (exact) mass is 441 g/mol. The Morgan fingerprint density at radius 2 is 2.20 bits per heavy atom. The van der Waals surface area contributed by atoms with Gasteiger partial charge in [0.25, 0.3) is 0 Å². The van der Waals surface area contributed by atoms with E-state index in [0.29, 0.717) is 26.5 Å². The van der Waals surface area contributed by atoms with Gasteiger partial charge in [0.1, 0.15) is 5.60 Å². The van der Waals surface area contributed by atoms with Crippen LogP contribution in [0, 0.1) is 5.92 Å². The van der Waals surface area contributed by atoms with E-state index >= 15 is 0 Å². The van der Waals surface area contributed by atoms with E-state index in [2.05, 4.69) is 20.9 Å². The summed E-state index contributed by atoms with van der Waals surface area (Å²) in [5.74, 6) is -0.518. The van der Waals surface area contributed by atoms with Gasteiger partial charge < -0.3 is 9.84 Å². The van der Waals surface area contributed by atoms with E-state index in [1.165, 1.54) is 17.4 Å². The molecule has 4 nitrogen and oxygen atoms in total. The van der Waals surface area contributed by atoms with E-state index in [1.54, 1.807) is 31.2 Å². The molecular weight excluding hydrogens is 426 g/mol. The Kier molecular flexibility index (Phi) is 5.34. The Morgan fingerprint density at radius 1 is 1.52 bits per heavy atom. The molecule has 132 valence electrons. The molecule has 3 rings (SSSR count). The van der Waals surface area contributed by atoms with Crippen molar-refractivity contribution in [2.45, 2.75) is 25.9 Å². The van der Waals surface area contributed by atoms with Gasteiger partial charge in [0, 0.05) is 11.1 Å². The zero-order valence-corrected chi connectivity index (χ0v) is 16.9. The van der Waals surface area contributed by atoms with E-state index in [9.17, 15) is 9.90 Å². The lowest BCUT2D eigenvalue weighted by atomic mass is 9.72. The van der Waals surface area contributed by atoms with Gasteiger partial charge in [-0.2, -0.15) is 0 Å². The summed E-state index contributed by atoms with van der Waals surface area (Å²) in [5.41, 5.74) is 0.657. The highest BCUT2D eigenvalue weighted by atomic mass is 79.9. The average Bonchev–Trinajstić information content (AvgIpc) is 2.93. The molecule has 0 radical (unpaired) electrons. The van der Waals surface area contributed by atoms with Crippen molar-refractivity contribution in [3.63, 3.8) is 0 Å². The summed E-state index contributed by atoms with van der Waals surface area (Å²) in [7, 11) is 0. The largest absolute Gasteiger partial charge is 0.463 e. The molecule has 0 amide bonds. The maximum atomic E-state index is 12.1. The zero-order valence-electron chi connectivity index (χ0n) is 13.8. The Labute approximate surface area is 163 Å². The fourth-order valence-corrected chi connectivity index (χ4v) is 4.96. The third-order valence-electron chi connectivity index (χ3n) is 4.27. The normalized spacial score (nSPS) is 24.2. The Balaban J connectivity index is 2.22. The highest BCUT2D eigenvalue weighted by molar-refractivity contribution is 9.11. The van der Waals surface area contributed by atoms with Gasteiger partial charge >= 0.3 is 5.97 Å². The third-order valence-corrected chi connectivity index (χ3v) is 6.18. The topological polar surface area (TPSA) is 59.4 Å². The number of rotatable bonds is 3. The molecule has 2 unspecified atom stereocenters. The lowest BCUT2D eigenvalue weighted by Crippen LogP contribution is -2.38. The Bertz CT molecular complexity index is 833. The van der Waals surface area contributed by atoms with Crippen molar-refractivity contribution in [1.82, 2.24) is 4.98 Å². The molecule has 1 aromatic carbocycles. The molecule has 1 N–H and O–H groups in total. The minimum absolute atomic E-state index is 0.0633. The van der Waals surface area contributed by atoms with Gasteiger partial charge in [-0.1, -0.05) is 30.7 Å². The predicted molar refractivity (Wildman–Crippen MR) is 102 cm³/mol. The predicted octanol–water partition coefficient (Wildman–Crippen LogP) is 4.48. The molecule has 1 aliphatic carbocycles. The summed E-state index contributed by atoms with van der Waals surface area (Å²) in [4.78, 5) is 17.3. The molecule has 2 atom stereocenters. The van der Waals surface area contributed by atoms with Crippen LogP contribution in [0.2, 0.25) is 5.02 Å². The Morgan fingerprint density at radius 3 is 2.84 bits per heavy atom. The van der Waals surface area contributed by atoms with Gasteiger partial charge in [0.15, 0.2) is 3.92 Å². The van der Waals surface area contributed by atoms with Crippen LogP contribution < -0.4 is 0 Å². The van der Waals surface area contributed by atoms with Crippen LogP contribution in [0.4, 0.5) is 0 Å². The van der Waals surface area contributed by atoms with Crippen LogP contribution >= 0.6 is 38.9 Å². The standard InChI is InChI=1S/C18H17BrClNO3S/c1-3-24-15(22)9-13-10(2)8-14-16(25-17(19)21-14)18(13,23)11-4-6-12(20)7-5-11/h4-7,9-10,23H,3,8H2,1-2H3. The first-order valence-corrected chi connectivity index (χ1v) is 9.88. The Hall–Kier alpha value is -1.21. The number of aliphatic hydroxyl groups is 1. The molecule has 7 heteroatoms. The van der Waals surface area contributed by atoms with Crippen molar-refractivity contribution < 1.29 is 14.6 Å². The fraction of sp³-hybridized carbons (Fsp3) is 0.333. The number of hydrogen-bond acceptors (Lipinski definition) is 5. The van der Waals surface area contributed by atoms with Crippen LogP contribution in [0.5, 0.6) is 0 Å². The zero-order chi connectivity index (χ0) is 18.2. The van der Waals surface area contributed by atoms with Gasteiger partial charge in [0.05, 0.1) is 17.2 Å². The molecule has 1 heterocycles. The smallest absolute Gasteiger partial charge is 0.330 e. The maximum absolute atomic E-state index is 12.1. The lowest BCUT2D eigenvalue weighted by molar-refractivity contribution is -0.137. The fourth-order valence-electron chi connectivity index (χ4n) is 3.18. The second-order valence-corrected chi connectivity index (χ2v) is 8.63. The summed E-state index contributed by atoms with van der Waals surface area (Å²) in [6.07, 6.45) is 2.07. The van der Waals surface area contributed by atoms with Gasteiger partial charge in [-0.25, -0.2) is 9.78 Å². The lowest BCUT2D eigenvalue weighted by Gasteiger charge is -2.38. The highest BCUT2D eigenvalue weighted by Crippen LogP contribution is 2.49. The highest BCUT2D eigenvalue weighted by Gasteiger charge is 2.46. The second kappa shape index (κ2) is 7.19. The summed E-state index contributed by atoms with van der Waals surface area (Å²) in [6.45, 7) is 4.01. The number of fused-ring (bicyclic) bond motifs is 1. The summed E-state index contributed by atoms with van der Waals surface area (Å²) in [6, 6.07) is 7.01. The van der Waals surface area contributed by atoms with E-state index in [0.717, 1.165) is 10.6 Å². The molecule has 1 aliphatic rings. The number of carbonyl (C=O) groups is 1. The summed E-state index contributed by atoms with van der Waals surface area (Å²) in [5, 5.41) is 12.4. The van der Waals surface area contributed by atoms with Crippen molar-refractivity contribution in [2.75, 3.05) is 6.61 Å². The van der Waals surface area contributed by atoms with Crippen molar-refractivity contribution >= 4 is 44.8 Å². The molecule has 0 spiro atoms. The van der Waals surface area contributed by atoms with E-state index in [-0.39, 0.29) is 12.5 Å². The molecular formula is C18H17BrClNO3S. The number of ether oxygens (including phenoxy) is 1. The molecule has 0 bridgehead atoms. The van der Waals surface area contributed by atoms with Crippen LogP contribution in [-0.4, -0.2) is 22.7 Å². The molecule has 2 aromatic rings. The maximum Gasteiger partial charge on any atom is 0.330 e. The van der Waals surface area contributed by atoms with Gasteiger partial charge in [-0.15, -0.1) is 11.3 Å². The minimum atomic E-state index is -1.44.